The number of phosphoric ester groups is 2. The molecule has 1 fully saturated rings. The lowest BCUT2D eigenvalue weighted by atomic mass is 9.85. The summed E-state index contributed by atoms with van der Waals surface area (Å²) in [5.74, 6) is -1.30. The number of unbranched alkanes of at least 4 members (excludes halogenated alkanes) is 11. The molecule has 6 unspecified atom stereocenters. The Morgan fingerprint density at radius 2 is 1.07 bits per heavy atom. The minimum absolute atomic E-state index is 0.0146. The summed E-state index contributed by atoms with van der Waals surface area (Å²) in [7, 11) is -10.7. The van der Waals surface area contributed by atoms with E-state index in [1.54, 1.807) is 6.08 Å². The highest BCUT2D eigenvalue weighted by Gasteiger charge is 2.54. The first-order chi connectivity index (χ1) is 32.5. The quantitative estimate of drug-likeness (QED) is 0.00944. The van der Waals surface area contributed by atoms with E-state index < -0.39 is 89.6 Å². The molecule has 0 aromatic rings. The molecule has 390 valence electrons. The minimum atomic E-state index is -5.38. The molecule has 0 saturated heterocycles. The van der Waals surface area contributed by atoms with Gasteiger partial charge in [-0.3, -0.25) is 23.2 Å². The third-order valence-corrected chi connectivity index (χ3v) is 12.0. The highest BCUT2D eigenvalue weighted by Crippen LogP contribution is 2.49. The normalized spacial score (nSPS) is 22.4. The second-order valence-corrected chi connectivity index (χ2v) is 19.2. The van der Waals surface area contributed by atoms with Crippen molar-refractivity contribution in [1.82, 2.24) is 0 Å². The fourth-order valence-corrected chi connectivity index (χ4v) is 8.29. The Hall–Kier alpha value is -2.86. The van der Waals surface area contributed by atoms with Gasteiger partial charge in [-0.1, -0.05) is 137 Å². The van der Waals surface area contributed by atoms with Crippen LogP contribution in [0.2, 0.25) is 0 Å². The number of aliphatic hydroxyl groups is 5. The molecule has 1 rings (SSSR count). The third kappa shape index (κ3) is 32.9. The lowest BCUT2D eigenvalue weighted by Gasteiger charge is -2.43. The predicted octanol–water partition coefficient (Wildman–Crippen LogP) is 8.36. The van der Waals surface area contributed by atoms with Crippen LogP contribution in [0.25, 0.3) is 0 Å². The van der Waals surface area contributed by atoms with Crippen LogP contribution in [-0.2, 0) is 41.8 Å². The number of hydrogen-bond acceptors (Lipinski definition) is 14. The van der Waals surface area contributed by atoms with Gasteiger partial charge in [0.05, 0.1) is 12.7 Å². The molecule has 1 aliphatic carbocycles. The van der Waals surface area contributed by atoms with Crippen molar-refractivity contribution in [3.8, 4) is 0 Å². The van der Waals surface area contributed by atoms with Gasteiger partial charge in [-0.15, -0.1) is 0 Å². The van der Waals surface area contributed by atoms with Crippen molar-refractivity contribution in [2.75, 3.05) is 13.2 Å². The molecule has 9 atom stereocenters. The number of esters is 2. The van der Waals surface area contributed by atoms with Crippen LogP contribution in [0.4, 0.5) is 0 Å². The molecule has 68 heavy (non-hydrogen) atoms. The van der Waals surface area contributed by atoms with Crippen LogP contribution in [0, 0.1) is 0 Å². The lowest BCUT2D eigenvalue weighted by molar-refractivity contribution is -0.216. The van der Waals surface area contributed by atoms with E-state index in [0.29, 0.717) is 25.7 Å². The van der Waals surface area contributed by atoms with Gasteiger partial charge in [0, 0.05) is 12.8 Å². The van der Waals surface area contributed by atoms with Crippen LogP contribution in [0.5, 0.6) is 0 Å². The van der Waals surface area contributed by atoms with Gasteiger partial charge < -0.3 is 49.7 Å². The Labute approximate surface area is 404 Å². The number of rotatable bonds is 39. The van der Waals surface area contributed by atoms with Crippen molar-refractivity contribution in [2.45, 2.75) is 198 Å². The number of carbonyl (C=O) groups excluding carboxylic acids is 2. The zero-order valence-electron chi connectivity index (χ0n) is 40.1. The van der Waals surface area contributed by atoms with Crippen LogP contribution < -0.4 is 0 Å². The van der Waals surface area contributed by atoms with E-state index in [-0.39, 0.29) is 12.8 Å². The molecule has 0 aliphatic heterocycles. The Balaban J connectivity index is 2.63. The number of ether oxygens (including phenoxy) is 2. The minimum Gasteiger partial charge on any atom is -0.462 e. The number of allylic oxidation sites excluding steroid dienone is 12. The van der Waals surface area contributed by atoms with Crippen LogP contribution in [0.15, 0.2) is 85.1 Å². The number of hydrogen-bond donors (Lipinski definition) is 8. The van der Waals surface area contributed by atoms with Gasteiger partial charge in [0.2, 0.25) is 0 Å². The van der Waals surface area contributed by atoms with Gasteiger partial charge in [-0.05, 0) is 83.5 Å². The van der Waals surface area contributed by atoms with Gasteiger partial charge in [0.15, 0.2) is 6.10 Å². The zero-order chi connectivity index (χ0) is 50.5. The fourth-order valence-electron chi connectivity index (χ4n) is 6.75. The summed E-state index contributed by atoms with van der Waals surface area (Å²) in [6, 6.07) is 0. The molecule has 1 aliphatic rings. The van der Waals surface area contributed by atoms with E-state index in [0.717, 1.165) is 77.0 Å². The Bertz CT molecular complexity index is 1650. The maximum absolute atomic E-state index is 13.0. The van der Waals surface area contributed by atoms with Crippen molar-refractivity contribution < 1.29 is 82.0 Å². The van der Waals surface area contributed by atoms with Gasteiger partial charge in [-0.25, -0.2) is 9.13 Å². The standard InChI is InChI=1S/C49H82O17P2/c1-3-5-7-8-9-10-11-12-13-14-15-16-17-18-19-22-25-28-32-36-42(51)62-38-41(64-43(52)37-33-29-26-23-20-21-24-27-31-35-40(50)34-30-6-4-2)39-63-68(60,61)66-49-46(55)44(53)45(54)48(47(49)56)65-67(57,58)59/h6,9-10,12-13,15-16,18-19,24,27,30-31,35,40-41,44-50,53-56H,3-5,7-8,11,14,17,20-23,25-26,28-29,32-34,36-39H2,1-2H3,(H,60,61)(H2,57,58,59)/b10-9-,13-12-,16-15-,19-18-,27-24+,30-6+,35-31+/t40?,41-,44?,45?,46?,47?,48-,49+/m1/s1. The Morgan fingerprint density at radius 1 is 0.559 bits per heavy atom. The third-order valence-electron chi connectivity index (χ3n) is 10.5. The molecule has 19 heteroatoms. The van der Waals surface area contributed by atoms with Crippen molar-refractivity contribution in [1.29, 1.82) is 0 Å². The van der Waals surface area contributed by atoms with Crippen molar-refractivity contribution in [3.63, 3.8) is 0 Å². The van der Waals surface area contributed by atoms with E-state index in [1.165, 1.54) is 19.3 Å². The molecule has 0 amide bonds. The molecular formula is C49H82O17P2. The predicted molar refractivity (Wildman–Crippen MR) is 261 cm³/mol. The average molecular weight is 1010 g/mol. The molecule has 0 heterocycles. The highest BCUT2D eigenvalue weighted by molar-refractivity contribution is 7.47. The summed E-state index contributed by atoms with van der Waals surface area (Å²) in [5.41, 5.74) is 0. The van der Waals surface area contributed by atoms with E-state index in [9.17, 15) is 58.9 Å². The maximum atomic E-state index is 13.0. The van der Waals surface area contributed by atoms with Gasteiger partial charge >= 0.3 is 27.6 Å². The molecule has 0 bridgehead atoms. The van der Waals surface area contributed by atoms with E-state index in [4.69, 9.17) is 18.5 Å². The number of carbonyl (C=O) groups is 2. The first-order valence-corrected chi connectivity index (χ1v) is 27.3. The fraction of sp³-hybridized carbons (Fsp3) is 0.673. The maximum Gasteiger partial charge on any atom is 0.472 e. The average Bonchev–Trinajstić information content (AvgIpc) is 3.29. The Kier molecular flexibility index (Phi) is 36.1. The van der Waals surface area contributed by atoms with E-state index >= 15 is 0 Å². The van der Waals surface area contributed by atoms with Crippen LogP contribution in [0.3, 0.4) is 0 Å². The second kappa shape index (κ2) is 38.8. The molecule has 0 radical (unpaired) electrons. The molecule has 8 N–H and O–H groups in total. The molecule has 17 nitrogen and oxygen atoms in total. The Morgan fingerprint density at radius 3 is 1.66 bits per heavy atom. The van der Waals surface area contributed by atoms with Crippen LogP contribution in [-0.4, -0.2) is 114 Å². The highest BCUT2D eigenvalue weighted by atomic mass is 31.2. The second-order valence-electron chi connectivity index (χ2n) is 16.6. The largest absolute Gasteiger partial charge is 0.472 e. The molecule has 0 aromatic heterocycles. The molecule has 0 spiro atoms. The van der Waals surface area contributed by atoms with E-state index in [1.807, 2.05) is 37.3 Å². The summed E-state index contributed by atoms with van der Waals surface area (Å²) in [6.45, 7) is 2.81. The monoisotopic (exact) mass is 1000 g/mol. The topological polar surface area (TPSA) is 276 Å². The van der Waals surface area contributed by atoms with Gasteiger partial charge in [0.1, 0.15) is 43.2 Å². The first-order valence-electron chi connectivity index (χ1n) is 24.2. The molecule has 1 saturated carbocycles. The van der Waals surface area contributed by atoms with Crippen molar-refractivity contribution in [3.05, 3.63) is 85.1 Å². The van der Waals surface area contributed by atoms with Crippen LogP contribution in [0.1, 0.15) is 149 Å². The summed E-state index contributed by atoms with van der Waals surface area (Å²) in [4.78, 5) is 54.3. The van der Waals surface area contributed by atoms with Gasteiger partial charge in [0.25, 0.3) is 0 Å². The van der Waals surface area contributed by atoms with Crippen molar-refractivity contribution in [2.24, 2.45) is 0 Å². The van der Waals surface area contributed by atoms with E-state index in [2.05, 4.69) is 60.1 Å². The summed E-state index contributed by atoms with van der Waals surface area (Å²) < 4.78 is 49.3. The van der Waals surface area contributed by atoms with Crippen molar-refractivity contribution >= 4 is 27.6 Å². The first kappa shape index (κ1) is 63.2. The summed E-state index contributed by atoms with van der Waals surface area (Å²) in [6.07, 6.45) is 30.0. The smallest absolute Gasteiger partial charge is 0.462 e. The van der Waals surface area contributed by atoms with Crippen LogP contribution >= 0.6 is 15.6 Å². The zero-order valence-corrected chi connectivity index (χ0v) is 41.9. The molecule has 0 aromatic carbocycles. The SMILES string of the molecule is CC/C=C/CC(O)/C=C/C=C/CCCCCCCC(=O)O[C@H](COC(=O)CCCCC/C=C\C/C=C\C/C=C\C/C=C\CCCCC)COP(=O)(O)O[C@H]1C(O)C(O)C(O)[C@@H](OP(=O)(O)O)C1O. The summed E-state index contributed by atoms with van der Waals surface area (Å²) in [5, 5.41) is 51.2. The molecular weight excluding hydrogens is 922 g/mol. The lowest BCUT2D eigenvalue weighted by Crippen LogP contribution is -2.64. The summed E-state index contributed by atoms with van der Waals surface area (Å²) >= 11 is 0. The number of aliphatic hydroxyl groups excluding tert-OH is 5. The number of phosphoric acid groups is 2. The van der Waals surface area contributed by atoms with Gasteiger partial charge in [-0.2, -0.15) is 0 Å².